The molecule has 1 amide bonds. The number of aromatic nitrogens is 4. The number of carbonyl (C=O) groups excluding carboxylic acids is 1. The van der Waals surface area contributed by atoms with E-state index in [0.717, 1.165) is 0 Å². The number of benzene rings is 1. The third kappa shape index (κ3) is 4.76. The van der Waals surface area contributed by atoms with Crippen molar-refractivity contribution in [3.63, 3.8) is 0 Å². The number of rotatable bonds is 7. The van der Waals surface area contributed by atoms with Gasteiger partial charge >= 0.3 is 6.01 Å². The van der Waals surface area contributed by atoms with E-state index in [1.807, 2.05) is 13.8 Å². The first kappa shape index (κ1) is 22.9. The van der Waals surface area contributed by atoms with Crippen molar-refractivity contribution in [3.05, 3.63) is 36.5 Å². The zero-order valence-corrected chi connectivity index (χ0v) is 19.4. The Morgan fingerprint density at radius 2 is 1.97 bits per heavy atom. The molecular weight excluding hydrogens is 448 g/mol. The van der Waals surface area contributed by atoms with E-state index in [1.54, 1.807) is 29.1 Å². The van der Waals surface area contributed by atoms with E-state index in [4.69, 9.17) is 9.15 Å². The predicted octanol–water partition coefficient (Wildman–Crippen LogP) is 2.56. The quantitative estimate of drug-likeness (QED) is 0.552. The van der Waals surface area contributed by atoms with Crippen LogP contribution in [0, 0.1) is 5.92 Å². The SMILES string of the molecule is COc1ccc(S(=O)(=O)N2CCCC(C(=O)Nc3nnc(-c4ccnn4C(C)C)o3)C2)cc1. The molecule has 0 radical (unpaired) electrons. The van der Waals surface area contributed by atoms with Crippen LogP contribution in [-0.4, -0.2) is 58.8 Å². The number of anilines is 1. The highest BCUT2D eigenvalue weighted by Gasteiger charge is 2.34. The van der Waals surface area contributed by atoms with E-state index in [2.05, 4.69) is 20.6 Å². The summed E-state index contributed by atoms with van der Waals surface area (Å²) in [5.74, 6) is -0.0930. The average Bonchev–Trinajstić information content (AvgIpc) is 3.49. The highest BCUT2D eigenvalue weighted by Crippen LogP contribution is 2.27. The lowest BCUT2D eigenvalue weighted by Gasteiger charge is -2.30. The number of carbonyl (C=O) groups is 1. The Balaban J connectivity index is 1.44. The maximum atomic E-state index is 13.0. The van der Waals surface area contributed by atoms with E-state index < -0.39 is 15.9 Å². The van der Waals surface area contributed by atoms with Crippen LogP contribution in [0.5, 0.6) is 5.75 Å². The summed E-state index contributed by atoms with van der Waals surface area (Å²) in [6.07, 6.45) is 2.76. The van der Waals surface area contributed by atoms with Gasteiger partial charge in [0.1, 0.15) is 11.4 Å². The van der Waals surface area contributed by atoms with Crippen LogP contribution in [0.15, 0.2) is 45.8 Å². The smallest absolute Gasteiger partial charge is 0.322 e. The van der Waals surface area contributed by atoms with Crippen molar-refractivity contribution in [3.8, 4) is 17.3 Å². The third-order valence-electron chi connectivity index (χ3n) is 5.49. The lowest BCUT2D eigenvalue weighted by Crippen LogP contribution is -2.43. The van der Waals surface area contributed by atoms with Gasteiger partial charge in [-0.05, 0) is 57.0 Å². The minimum atomic E-state index is -3.73. The molecule has 1 atom stereocenters. The second-order valence-electron chi connectivity index (χ2n) is 8.03. The topological polar surface area (TPSA) is 132 Å². The van der Waals surface area contributed by atoms with E-state index in [1.165, 1.54) is 23.5 Å². The Bertz CT molecular complexity index is 1220. The maximum absolute atomic E-state index is 13.0. The van der Waals surface area contributed by atoms with Crippen LogP contribution in [-0.2, 0) is 14.8 Å². The van der Waals surface area contributed by atoms with E-state index in [9.17, 15) is 13.2 Å². The van der Waals surface area contributed by atoms with Crippen LogP contribution < -0.4 is 10.1 Å². The van der Waals surface area contributed by atoms with Crippen molar-refractivity contribution in [2.24, 2.45) is 5.92 Å². The number of amides is 1. The average molecular weight is 475 g/mol. The summed E-state index contributed by atoms with van der Waals surface area (Å²) in [6.45, 7) is 4.37. The first-order valence-corrected chi connectivity index (χ1v) is 12.1. The first-order valence-electron chi connectivity index (χ1n) is 10.6. The Hall–Kier alpha value is -3.25. The fourth-order valence-electron chi connectivity index (χ4n) is 3.75. The van der Waals surface area contributed by atoms with Crippen LogP contribution in [0.4, 0.5) is 6.01 Å². The van der Waals surface area contributed by atoms with Crippen molar-refractivity contribution in [2.75, 3.05) is 25.5 Å². The summed E-state index contributed by atoms with van der Waals surface area (Å²) in [5.41, 5.74) is 0.646. The Labute approximate surface area is 191 Å². The molecule has 0 bridgehead atoms. The van der Waals surface area contributed by atoms with Gasteiger partial charge < -0.3 is 9.15 Å². The molecule has 4 rings (SSSR count). The van der Waals surface area contributed by atoms with Gasteiger partial charge in [-0.25, -0.2) is 8.42 Å². The molecule has 1 unspecified atom stereocenters. The van der Waals surface area contributed by atoms with Gasteiger partial charge in [-0.2, -0.15) is 9.40 Å². The van der Waals surface area contributed by atoms with E-state index in [-0.39, 0.29) is 35.3 Å². The maximum Gasteiger partial charge on any atom is 0.322 e. The molecule has 1 N–H and O–H groups in total. The second-order valence-corrected chi connectivity index (χ2v) is 9.97. The van der Waals surface area contributed by atoms with Crippen molar-refractivity contribution in [1.29, 1.82) is 0 Å². The summed E-state index contributed by atoms with van der Waals surface area (Å²) >= 11 is 0. The normalized spacial score (nSPS) is 17.3. The summed E-state index contributed by atoms with van der Waals surface area (Å²) in [5, 5.41) is 14.8. The molecule has 3 heterocycles. The number of methoxy groups -OCH3 is 1. The molecule has 11 nitrogen and oxygen atoms in total. The predicted molar refractivity (Wildman–Crippen MR) is 119 cm³/mol. The number of nitrogens with zero attached hydrogens (tertiary/aromatic N) is 5. The van der Waals surface area contributed by atoms with E-state index >= 15 is 0 Å². The minimum Gasteiger partial charge on any atom is -0.497 e. The molecule has 2 aromatic heterocycles. The van der Waals surface area contributed by atoms with Gasteiger partial charge in [-0.15, -0.1) is 5.10 Å². The van der Waals surface area contributed by atoms with Gasteiger partial charge in [-0.3, -0.25) is 14.8 Å². The van der Waals surface area contributed by atoms with Crippen molar-refractivity contribution in [1.82, 2.24) is 24.3 Å². The summed E-state index contributed by atoms with van der Waals surface area (Å²) in [4.78, 5) is 13.0. The van der Waals surface area contributed by atoms with Gasteiger partial charge in [-0.1, -0.05) is 5.10 Å². The molecule has 0 aliphatic carbocycles. The van der Waals surface area contributed by atoms with Crippen LogP contribution in [0.2, 0.25) is 0 Å². The lowest BCUT2D eigenvalue weighted by atomic mass is 9.99. The Kier molecular flexibility index (Phi) is 6.47. The zero-order chi connectivity index (χ0) is 23.6. The molecule has 0 saturated carbocycles. The molecule has 1 aliphatic rings. The molecule has 33 heavy (non-hydrogen) atoms. The molecule has 1 fully saturated rings. The van der Waals surface area contributed by atoms with Gasteiger partial charge in [0.25, 0.3) is 5.89 Å². The van der Waals surface area contributed by atoms with Crippen molar-refractivity contribution < 1.29 is 22.4 Å². The van der Waals surface area contributed by atoms with Gasteiger partial charge in [0.15, 0.2) is 0 Å². The van der Waals surface area contributed by atoms with Gasteiger partial charge in [0.2, 0.25) is 15.9 Å². The van der Waals surface area contributed by atoms with E-state index in [0.29, 0.717) is 30.8 Å². The molecule has 3 aromatic rings. The lowest BCUT2D eigenvalue weighted by molar-refractivity contribution is -0.121. The summed E-state index contributed by atoms with van der Waals surface area (Å²) < 4.78 is 39.8. The minimum absolute atomic E-state index is 0.0401. The van der Waals surface area contributed by atoms with Gasteiger partial charge in [0.05, 0.1) is 17.9 Å². The molecule has 12 heteroatoms. The highest BCUT2D eigenvalue weighted by atomic mass is 32.2. The first-order chi connectivity index (χ1) is 15.8. The molecule has 1 aliphatic heterocycles. The fourth-order valence-corrected chi connectivity index (χ4v) is 5.28. The standard InChI is InChI=1S/C21H26N6O5S/c1-14(2)27-18(10-11-22-27)20-24-25-21(32-20)23-19(28)15-5-4-12-26(13-15)33(29,30)17-8-6-16(31-3)7-9-17/h6-11,14-15H,4-5,12-13H2,1-3H3,(H,23,25,28). The summed E-state index contributed by atoms with van der Waals surface area (Å²) in [6, 6.07) is 8.00. The largest absolute Gasteiger partial charge is 0.497 e. The molecule has 0 spiro atoms. The van der Waals surface area contributed by atoms with Crippen LogP contribution in [0.25, 0.3) is 11.6 Å². The number of hydrogen-bond donors (Lipinski definition) is 1. The van der Waals surface area contributed by atoms with Crippen molar-refractivity contribution >= 4 is 21.9 Å². The number of hydrogen-bond acceptors (Lipinski definition) is 8. The Morgan fingerprint density at radius 1 is 1.21 bits per heavy atom. The molecule has 176 valence electrons. The summed E-state index contributed by atoms with van der Waals surface area (Å²) in [7, 11) is -2.21. The number of sulfonamides is 1. The molecule has 1 saturated heterocycles. The zero-order valence-electron chi connectivity index (χ0n) is 18.6. The second kappa shape index (κ2) is 9.32. The van der Waals surface area contributed by atoms with Crippen LogP contribution in [0.1, 0.15) is 32.7 Å². The molecule has 1 aromatic carbocycles. The third-order valence-corrected chi connectivity index (χ3v) is 7.37. The Morgan fingerprint density at radius 3 is 2.67 bits per heavy atom. The van der Waals surface area contributed by atoms with Gasteiger partial charge in [0, 0.05) is 25.3 Å². The number of ether oxygens (including phenoxy) is 1. The fraction of sp³-hybridized carbons (Fsp3) is 0.429. The van der Waals surface area contributed by atoms with Crippen LogP contribution >= 0.6 is 0 Å². The molecular formula is C21H26N6O5S. The number of nitrogens with one attached hydrogen (secondary N) is 1. The van der Waals surface area contributed by atoms with Crippen LogP contribution in [0.3, 0.4) is 0 Å². The van der Waals surface area contributed by atoms with Crippen molar-refractivity contribution in [2.45, 2.75) is 37.6 Å². The monoisotopic (exact) mass is 474 g/mol. The highest BCUT2D eigenvalue weighted by molar-refractivity contribution is 7.89. The number of piperidine rings is 1.